The quantitative estimate of drug-likeness (QED) is 0.286. The summed E-state index contributed by atoms with van der Waals surface area (Å²) in [6, 6.07) is 0. The highest BCUT2D eigenvalue weighted by atomic mass is 32.2. The molecular weight excluding hydrogens is 450 g/mol. The normalized spacial score (nSPS) is 19.3. The van der Waals surface area contributed by atoms with Crippen LogP contribution >= 0.6 is 34.4 Å². The Bertz CT molecular complexity index is 1170. The molecule has 0 aromatic carbocycles. The molecule has 3 heterocycles. The molecule has 166 valence electrons. The van der Waals surface area contributed by atoms with Crippen LogP contribution in [0.1, 0.15) is 27.2 Å². The molecule has 0 spiro atoms. The summed E-state index contributed by atoms with van der Waals surface area (Å²) in [5.74, 6) is 0.403. The number of amides is 1. The molecule has 0 bridgehead atoms. The number of thiazole rings is 2. The van der Waals surface area contributed by atoms with E-state index in [2.05, 4.69) is 13.0 Å². The van der Waals surface area contributed by atoms with Crippen LogP contribution in [-0.2, 0) is 18.4 Å². The fraction of sp³-hybridized carbons (Fsp3) is 0.429. The zero-order chi connectivity index (χ0) is 22.5. The minimum Gasteiger partial charge on any atom is -0.353 e. The van der Waals surface area contributed by atoms with Crippen molar-refractivity contribution in [2.75, 3.05) is 13.6 Å². The Balaban J connectivity index is 2.09. The Morgan fingerprint density at radius 3 is 2.84 bits per heavy atom. The molecule has 2 aromatic rings. The van der Waals surface area contributed by atoms with Gasteiger partial charge in [0.1, 0.15) is 15.4 Å². The minimum absolute atomic E-state index is 0.0366. The van der Waals surface area contributed by atoms with Gasteiger partial charge in [0.2, 0.25) is 6.41 Å². The van der Waals surface area contributed by atoms with E-state index < -0.39 is 0 Å². The van der Waals surface area contributed by atoms with Crippen LogP contribution in [0.4, 0.5) is 5.13 Å². The first-order valence-electron chi connectivity index (χ1n) is 10.1. The molecule has 0 saturated carbocycles. The van der Waals surface area contributed by atoms with Crippen molar-refractivity contribution in [3.63, 3.8) is 0 Å². The van der Waals surface area contributed by atoms with E-state index in [9.17, 15) is 9.59 Å². The topological polar surface area (TPSA) is 61.8 Å². The number of hydrogen-bond acceptors (Lipinski definition) is 7. The van der Waals surface area contributed by atoms with E-state index in [1.807, 2.05) is 60.6 Å². The summed E-state index contributed by atoms with van der Waals surface area (Å²) in [5, 5.41) is 5.27. The molecule has 10 heteroatoms. The van der Waals surface area contributed by atoms with Crippen LogP contribution in [0.25, 0.3) is 11.1 Å². The van der Waals surface area contributed by atoms with Crippen molar-refractivity contribution in [1.82, 2.24) is 14.4 Å². The number of allylic oxidation sites excluding steroid dienone is 1. The van der Waals surface area contributed by atoms with Crippen LogP contribution in [-0.4, -0.2) is 39.5 Å². The van der Waals surface area contributed by atoms with Gasteiger partial charge in [-0.2, -0.15) is 0 Å². The maximum Gasteiger partial charge on any atom is 0.384 e. The maximum atomic E-state index is 13.1. The zero-order valence-corrected chi connectivity index (χ0v) is 20.9. The summed E-state index contributed by atoms with van der Waals surface area (Å²) in [6.45, 7) is 7.14. The first kappa shape index (κ1) is 23.5. The lowest BCUT2D eigenvalue weighted by atomic mass is 10.0. The number of amidine groups is 1. The van der Waals surface area contributed by atoms with Gasteiger partial charge in [0.05, 0.1) is 7.05 Å². The van der Waals surface area contributed by atoms with Gasteiger partial charge in [-0.05, 0) is 49.1 Å². The molecule has 7 nitrogen and oxygen atoms in total. The fourth-order valence-corrected chi connectivity index (χ4v) is 6.14. The van der Waals surface area contributed by atoms with Crippen molar-refractivity contribution in [2.24, 2.45) is 18.0 Å². The second kappa shape index (κ2) is 10.4. The molecule has 0 radical (unpaired) electrons. The SMILES string of the molecule is CCN(C=O)/C(=N/c1scc[n+]1C)S/C=c1\s/c(=C2/CC(C)C=CN2C)c(=O)n1CC. The Kier molecular flexibility index (Phi) is 7.90. The summed E-state index contributed by atoms with van der Waals surface area (Å²) in [7, 11) is 3.91. The molecule has 0 N–H and O–H groups in total. The molecule has 2 aromatic heterocycles. The minimum atomic E-state index is 0.0366. The van der Waals surface area contributed by atoms with E-state index in [4.69, 9.17) is 4.99 Å². The lowest BCUT2D eigenvalue weighted by Gasteiger charge is -2.24. The second-order valence-electron chi connectivity index (χ2n) is 7.22. The highest BCUT2D eigenvalue weighted by molar-refractivity contribution is 8.20. The van der Waals surface area contributed by atoms with Crippen LogP contribution in [0, 0.1) is 5.92 Å². The number of carbonyl (C=O) groups is 1. The monoisotopic (exact) mass is 478 g/mol. The third kappa shape index (κ3) is 5.19. The second-order valence-corrected chi connectivity index (χ2v) is 9.96. The summed E-state index contributed by atoms with van der Waals surface area (Å²) < 4.78 is 5.34. The molecule has 0 fully saturated rings. The maximum absolute atomic E-state index is 13.1. The summed E-state index contributed by atoms with van der Waals surface area (Å²) in [4.78, 5) is 33.0. The molecular formula is C21H28N5O2S3+. The molecule has 3 rings (SSSR count). The average Bonchev–Trinajstić information content (AvgIpc) is 3.30. The van der Waals surface area contributed by atoms with Crippen molar-refractivity contribution in [2.45, 2.75) is 33.7 Å². The number of hydrogen-bond donors (Lipinski definition) is 0. The van der Waals surface area contributed by atoms with Gasteiger partial charge >= 0.3 is 5.13 Å². The fourth-order valence-electron chi connectivity index (χ4n) is 3.16. The van der Waals surface area contributed by atoms with Crippen molar-refractivity contribution < 1.29 is 9.36 Å². The van der Waals surface area contributed by atoms with Crippen LogP contribution in [0.15, 0.2) is 33.6 Å². The van der Waals surface area contributed by atoms with Crippen LogP contribution in [0.3, 0.4) is 0 Å². The van der Waals surface area contributed by atoms with Crippen molar-refractivity contribution >= 4 is 62.2 Å². The predicted octanol–water partition coefficient (Wildman–Crippen LogP) is 2.05. The molecule has 0 aliphatic carbocycles. The van der Waals surface area contributed by atoms with Gasteiger partial charge in [-0.3, -0.25) is 19.1 Å². The predicted molar refractivity (Wildman–Crippen MR) is 131 cm³/mol. The van der Waals surface area contributed by atoms with Crippen molar-refractivity contribution in [1.29, 1.82) is 0 Å². The highest BCUT2D eigenvalue weighted by Gasteiger charge is 2.19. The van der Waals surface area contributed by atoms with E-state index >= 15 is 0 Å². The molecule has 1 aliphatic heterocycles. The van der Waals surface area contributed by atoms with Crippen LogP contribution < -0.4 is 19.3 Å². The van der Waals surface area contributed by atoms with Gasteiger partial charge in [0.15, 0.2) is 0 Å². The number of aliphatic imine (C=N–C) groups is 1. The van der Waals surface area contributed by atoms with Gasteiger partial charge in [0, 0.05) is 36.6 Å². The van der Waals surface area contributed by atoms with Gasteiger partial charge < -0.3 is 4.90 Å². The van der Waals surface area contributed by atoms with Crippen molar-refractivity contribution in [3.05, 3.63) is 43.4 Å². The number of carbonyl (C=O) groups excluding carboxylic acids is 1. The van der Waals surface area contributed by atoms with E-state index in [1.165, 1.54) is 34.4 Å². The summed E-state index contributed by atoms with van der Waals surface area (Å²) >= 11 is 4.37. The lowest BCUT2D eigenvalue weighted by molar-refractivity contribution is -0.653. The van der Waals surface area contributed by atoms with Gasteiger partial charge in [-0.1, -0.05) is 24.3 Å². The van der Waals surface area contributed by atoms with E-state index in [-0.39, 0.29) is 5.56 Å². The summed E-state index contributed by atoms with van der Waals surface area (Å²) in [6.07, 6.45) is 7.76. The Labute approximate surface area is 194 Å². The smallest absolute Gasteiger partial charge is 0.353 e. The lowest BCUT2D eigenvalue weighted by Crippen LogP contribution is -2.35. The Morgan fingerprint density at radius 1 is 1.45 bits per heavy atom. The first-order valence-corrected chi connectivity index (χ1v) is 12.7. The number of thioether (sulfide) groups is 1. The molecule has 1 unspecified atom stereocenters. The highest BCUT2D eigenvalue weighted by Crippen LogP contribution is 2.22. The summed E-state index contributed by atoms with van der Waals surface area (Å²) in [5.41, 5.74) is 1.09. The number of aromatic nitrogens is 2. The van der Waals surface area contributed by atoms with Crippen molar-refractivity contribution in [3.8, 4) is 0 Å². The largest absolute Gasteiger partial charge is 0.384 e. The Morgan fingerprint density at radius 2 is 2.23 bits per heavy atom. The molecule has 1 aliphatic rings. The van der Waals surface area contributed by atoms with E-state index in [0.717, 1.165) is 32.9 Å². The van der Waals surface area contributed by atoms with Gasteiger partial charge in [-0.25, -0.2) is 4.57 Å². The standard InChI is InChI=1S/C21H28N5O2S3/c1-6-25(14-27)21(22-20-24(5)10-11-29-20)30-13-17-26(7-2)19(28)18(31-17)16-12-15(3)8-9-23(16)4/h8-11,13-15H,6-7,12H2,1-5H3/q+1/b17-13-,18-16-. The zero-order valence-electron chi connectivity index (χ0n) is 18.4. The molecule has 0 saturated heterocycles. The van der Waals surface area contributed by atoms with Gasteiger partial charge in [-0.15, -0.1) is 11.3 Å². The third-order valence-corrected chi connectivity index (χ3v) is 8.04. The Hall–Kier alpha value is -2.17. The van der Waals surface area contributed by atoms with Crippen LogP contribution in [0.5, 0.6) is 0 Å². The number of nitrogens with zero attached hydrogens (tertiary/aromatic N) is 5. The number of aryl methyl sites for hydroxylation is 1. The molecule has 31 heavy (non-hydrogen) atoms. The van der Waals surface area contributed by atoms with E-state index in [1.54, 1.807) is 9.47 Å². The average molecular weight is 479 g/mol. The number of rotatable bonds is 5. The molecule has 1 amide bonds. The van der Waals surface area contributed by atoms with E-state index in [0.29, 0.717) is 24.2 Å². The first-order chi connectivity index (χ1) is 14.9. The molecule has 1 atom stereocenters. The van der Waals surface area contributed by atoms with Gasteiger partial charge in [0.25, 0.3) is 10.7 Å². The third-order valence-electron chi connectivity index (χ3n) is 5.00. The van der Waals surface area contributed by atoms with Crippen LogP contribution in [0.2, 0.25) is 0 Å².